The standard InChI is InChI=1S/C25H28N2O6/c1-24(2,3)27-21(29)18-19(22(27)30)25(23(31)32,13-14-9-11-15(28)12-10-14)26-20(18)16-7-5-6-8-17(16)33-4/h5-12,18-20,26,28H,13H2,1-4H3,(H,31,32). The highest BCUT2D eigenvalue weighted by atomic mass is 16.5. The van der Waals surface area contributed by atoms with Gasteiger partial charge in [-0.25, -0.2) is 0 Å². The van der Waals surface area contributed by atoms with Gasteiger partial charge in [0.25, 0.3) is 0 Å². The molecule has 0 aromatic heterocycles. The van der Waals surface area contributed by atoms with Crippen LogP contribution in [0.25, 0.3) is 0 Å². The summed E-state index contributed by atoms with van der Waals surface area (Å²) in [5, 5.41) is 23.3. The lowest BCUT2D eigenvalue weighted by Gasteiger charge is -2.35. The first-order valence-corrected chi connectivity index (χ1v) is 10.8. The Morgan fingerprint density at radius 3 is 2.30 bits per heavy atom. The molecule has 0 bridgehead atoms. The number of ether oxygens (including phenoxy) is 1. The molecular formula is C25H28N2O6. The topological polar surface area (TPSA) is 116 Å². The van der Waals surface area contributed by atoms with Crippen molar-refractivity contribution in [2.45, 2.75) is 44.3 Å². The first-order valence-electron chi connectivity index (χ1n) is 10.8. The van der Waals surface area contributed by atoms with Gasteiger partial charge in [-0.05, 0) is 44.5 Å². The van der Waals surface area contributed by atoms with E-state index in [0.717, 1.165) is 0 Å². The molecule has 4 atom stereocenters. The van der Waals surface area contributed by atoms with Gasteiger partial charge in [-0.1, -0.05) is 30.3 Å². The van der Waals surface area contributed by atoms with E-state index < -0.39 is 46.7 Å². The summed E-state index contributed by atoms with van der Waals surface area (Å²) in [4.78, 5) is 41.4. The number of nitrogens with one attached hydrogen (secondary N) is 1. The lowest BCUT2D eigenvalue weighted by Crippen LogP contribution is -2.58. The summed E-state index contributed by atoms with van der Waals surface area (Å²) in [7, 11) is 1.51. The number of rotatable bonds is 5. The number of likely N-dealkylation sites (tertiary alicyclic amines) is 1. The van der Waals surface area contributed by atoms with Crippen molar-refractivity contribution in [1.82, 2.24) is 10.2 Å². The fourth-order valence-corrected chi connectivity index (χ4v) is 5.23. The molecule has 2 aliphatic heterocycles. The highest BCUT2D eigenvalue weighted by Crippen LogP contribution is 2.52. The van der Waals surface area contributed by atoms with E-state index in [0.29, 0.717) is 16.9 Å². The Kier molecular flexibility index (Phi) is 5.44. The number of nitrogens with zero attached hydrogens (tertiary/aromatic N) is 1. The molecule has 2 saturated heterocycles. The molecular weight excluding hydrogens is 424 g/mol. The summed E-state index contributed by atoms with van der Waals surface area (Å²) < 4.78 is 5.50. The summed E-state index contributed by atoms with van der Waals surface area (Å²) in [5.74, 6) is -3.54. The number of carbonyl (C=O) groups is 3. The normalized spacial score (nSPS) is 27.0. The maximum atomic E-state index is 13.7. The van der Waals surface area contributed by atoms with Gasteiger partial charge < -0.3 is 14.9 Å². The molecule has 174 valence electrons. The monoisotopic (exact) mass is 452 g/mol. The second-order valence-electron chi connectivity index (χ2n) is 9.67. The summed E-state index contributed by atoms with van der Waals surface area (Å²) in [6, 6.07) is 12.6. The number of aliphatic carboxylic acids is 1. The van der Waals surface area contributed by atoms with Crippen molar-refractivity contribution in [3.8, 4) is 11.5 Å². The van der Waals surface area contributed by atoms with Crippen LogP contribution in [0.15, 0.2) is 48.5 Å². The van der Waals surface area contributed by atoms with Crippen LogP contribution in [-0.2, 0) is 20.8 Å². The zero-order valence-electron chi connectivity index (χ0n) is 19.0. The van der Waals surface area contributed by atoms with Gasteiger partial charge in [-0.2, -0.15) is 0 Å². The molecule has 2 amide bonds. The number of carboxylic acids is 1. The molecule has 2 heterocycles. The average Bonchev–Trinajstić information content (AvgIpc) is 3.24. The fourth-order valence-electron chi connectivity index (χ4n) is 5.23. The van der Waals surface area contributed by atoms with E-state index in [-0.39, 0.29) is 12.2 Å². The van der Waals surface area contributed by atoms with Crippen molar-refractivity contribution in [3.05, 3.63) is 59.7 Å². The third kappa shape index (κ3) is 3.54. The number of para-hydroxylation sites is 1. The van der Waals surface area contributed by atoms with E-state index in [1.165, 1.54) is 24.1 Å². The van der Waals surface area contributed by atoms with Crippen LogP contribution in [0.3, 0.4) is 0 Å². The quantitative estimate of drug-likeness (QED) is 0.597. The number of amides is 2. The number of carboxylic acid groups (broad SMARTS) is 1. The summed E-state index contributed by atoms with van der Waals surface area (Å²) in [6.07, 6.45) is -0.0353. The number of phenolic OH excluding ortho intramolecular Hbond substituents is 1. The van der Waals surface area contributed by atoms with Crippen molar-refractivity contribution >= 4 is 17.8 Å². The van der Waals surface area contributed by atoms with Crippen LogP contribution in [0.1, 0.15) is 37.9 Å². The Hall–Kier alpha value is -3.39. The number of carbonyl (C=O) groups excluding carboxylic acids is 2. The molecule has 2 aromatic rings. The largest absolute Gasteiger partial charge is 0.508 e. The van der Waals surface area contributed by atoms with Crippen LogP contribution in [0.2, 0.25) is 0 Å². The van der Waals surface area contributed by atoms with Gasteiger partial charge in [0, 0.05) is 23.6 Å². The van der Waals surface area contributed by atoms with E-state index >= 15 is 0 Å². The molecule has 8 nitrogen and oxygen atoms in total. The van der Waals surface area contributed by atoms with Crippen LogP contribution in [-0.4, -0.2) is 51.1 Å². The van der Waals surface area contributed by atoms with Gasteiger partial charge in [0.05, 0.1) is 18.9 Å². The smallest absolute Gasteiger partial charge is 0.325 e. The van der Waals surface area contributed by atoms with E-state index in [4.69, 9.17) is 4.74 Å². The maximum absolute atomic E-state index is 13.7. The van der Waals surface area contributed by atoms with Crippen LogP contribution in [0.5, 0.6) is 11.5 Å². The van der Waals surface area contributed by atoms with Gasteiger partial charge >= 0.3 is 5.97 Å². The number of aromatic hydroxyl groups is 1. The minimum absolute atomic E-state index is 0.0353. The van der Waals surface area contributed by atoms with E-state index in [1.54, 1.807) is 57.2 Å². The fraction of sp³-hybridized carbons (Fsp3) is 0.400. The van der Waals surface area contributed by atoms with Crippen molar-refractivity contribution < 1.29 is 29.3 Å². The van der Waals surface area contributed by atoms with Gasteiger partial charge in [0.1, 0.15) is 17.0 Å². The van der Waals surface area contributed by atoms with Crippen molar-refractivity contribution in [2.24, 2.45) is 11.8 Å². The first kappa shape index (κ1) is 22.8. The number of phenols is 1. The third-order valence-corrected chi connectivity index (χ3v) is 6.60. The Morgan fingerprint density at radius 1 is 1.09 bits per heavy atom. The van der Waals surface area contributed by atoms with Gasteiger partial charge in [0.15, 0.2) is 0 Å². The molecule has 3 N–H and O–H groups in total. The molecule has 0 aliphatic carbocycles. The van der Waals surface area contributed by atoms with Gasteiger partial charge in [-0.3, -0.25) is 24.6 Å². The Labute approximate surface area is 192 Å². The molecule has 33 heavy (non-hydrogen) atoms. The Balaban J connectivity index is 1.90. The highest BCUT2D eigenvalue weighted by molar-refractivity contribution is 6.10. The lowest BCUT2D eigenvalue weighted by molar-refractivity contribution is -0.153. The predicted octanol–water partition coefficient (Wildman–Crippen LogP) is 2.51. The zero-order valence-corrected chi connectivity index (χ0v) is 19.0. The molecule has 0 radical (unpaired) electrons. The average molecular weight is 453 g/mol. The lowest BCUT2D eigenvalue weighted by atomic mass is 9.76. The number of hydrogen-bond donors (Lipinski definition) is 3. The minimum atomic E-state index is -1.72. The number of imide groups is 1. The van der Waals surface area contributed by atoms with Gasteiger partial charge in [0.2, 0.25) is 11.8 Å². The third-order valence-electron chi connectivity index (χ3n) is 6.60. The molecule has 2 aliphatic rings. The minimum Gasteiger partial charge on any atom is -0.508 e. The van der Waals surface area contributed by atoms with Crippen molar-refractivity contribution in [1.29, 1.82) is 0 Å². The summed E-state index contributed by atoms with van der Waals surface area (Å²) >= 11 is 0. The molecule has 4 rings (SSSR count). The summed E-state index contributed by atoms with van der Waals surface area (Å²) in [6.45, 7) is 5.29. The van der Waals surface area contributed by atoms with E-state index in [1.807, 2.05) is 0 Å². The molecule has 8 heteroatoms. The number of benzene rings is 2. The SMILES string of the molecule is COc1ccccc1C1NC(Cc2ccc(O)cc2)(C(=O)O)C2C(=O)N(C(C)(C)C)C(=O)C12. The second kappa shape index (κ2) is 7.88. The molecule has 2 aromatic carbocycles. The Bertz CT molecular complexity index is 1110. The zero-order chi connectivity index (χ0) is 24.1. The van der Waals surface area contributed by atoms with Crippen molar-refractivity contribution in [3.63, 3.8) is 0 Å². The highest BCUT2D eigenvalue weighted by Gasteiger charge is 2.69. The molecule has 0 spiro atoms. The molecule has 4 unspecified atom stereocenters. The molecule has 0 saturated carbocycles. The van der Waals surface area contributed by atoms with Gasteiger partial charge in [-0.15, -0.1) is 0 Å². The van der Waals surface area contributed by atoms with Crippen LogP contribution < -0.4 is 10.1 Å². The van der Waals surface area contributed by atoms with E-state index in [9.17, 15) is 24.6 Å². The second-order valence-corrected chi connectivity index (χ2v) is 9.67. The number of hydrogen-bond acceptors (Lipinski definition) is 6. The van der Waals surface area contributed by atoms with Crippen LogP contribution in [0, 0.1) is 11.8 Å². The number of methoxy groups -OCH3 is 1. The van der Waals surface area contributed by atoms with Crippen LogP contribution in [0.4, 0.5) is 0 Å². The van der Waals surface area contributed by atoms with Crippen molar-refractivity contribution in [2.75, 3.05) is 7.11 Å². The first-order chi connectivity index (χ1) is 15.5. The van der Waals surface area contributed by atoms with E-state index in [2.05, 4.69) is 5.32 Å². The maximum Gasteiger partial charge on any atom is 0.325 e. The number of fused-ring (bicyclic) bond motifs is 1. The predicted molar refractivity (Wildman–Crippen MR) is 120 cm³/mol. The summed E-state index contributed by atoms with van der Waals surface area (Å²) in [5.41, 5.74) is -1.27. The van der Waals surface area contributed by atoms with Crippen LogP contribution >= 0.6 is 0 Å². The Morgan fingerprint density at radius 2 is 1.73 bits per heavy atom. The molecule has 2 fully saturated rings.